The zero-order valence-corrected chi connectivity index (χ0v) is 17.6. The molecule has 29 heavy (non-hydrogen) atoms. The lowest BCUT2D eigenvalue weighted by atomic mass is 9.92. The van der Waals surface area contributed by atoms with Gasteiger partial charge in [-0.2, -0.15) is 0 Å². The van der Waals surface area contributed by atoms with Crippen LogP contribution in [0.3, 0.4) is 0 Å². The van der Waals surface area contributed by atoms with Gasteiger partial charge < -0.3 is 4.57 Å². The number of nitrogens with zero attached hydrogens (tertiary/aromatic N) is 3. The van der Waals surface area contributed by atoms with Gasteiger partial charge in [0.1, 0.15) is 0 Å². The molecule has 2 aromatic carbocycles. The normalized spacial score (nSPS) is 12.0. The summed E-state index contributed by atoms with van der Waals surface area (Å²) in [5.41, 5.74) is 2.21. The number of hydrogen-bond donors (Lipinski definition) is 0. The number of hydrogen-bond acceptors (Lipinski definition) is 4. The maximum absolute atomic E-state index is 10.7. The second-order valence-corrected chi connectivity index (χ2v) is 7.91. The number of imidazole rings is 1. The summed E-state index contributed by atoms with van der Waals surface area (Å²) in [6.45, 7) is 0.511. The summed E-state index contributed by atoms with van der Waals surface area (Å²) < 4.78 is 1.65. The molecule has 0 aliphatic carbocycles. The highest BCUT2D eigenvalue weighted by molar-refractivity contribution is 6.42. The van der Waals surface area contributed by atoms with Crippen molar-refractivity contribution in [1.82, 2.24) is 9.55 Å². The van der Waals surface area contributed by atoms with Gasteiger partial charge in [0.25, 0.3) is 6.01 Å². The van der Waals surface area contributed by atoms with Crippen LogP contribution in [-0.4, -0.2) is 14.6 Å². The number of aryl methyl sites for hydroxylation is 1. The van der Waals surface area contributed by atoms with Crippen LogP contribution in [0.15, 0.2) is 54.9 Å². The molecule has 1 atom stereocenters. The Morgan fingerprint density at radius 3 is 2.48 bits per heavy atom. The standard InChI is InChI=1S/C20H18Cl3N3O3/c21-17-6-3-14(4-7-17)1-2-16(11-15-5-8-18(22)19(23)12-15)13-25-10-9-24-20(25)29-26(27)28/h3-10,12,16H,1-2,11,13H2. The van der Waals surface area contributed by atoms with E-state index in [2.05, 4.69) is 9.82 Å². The molecule has 0 aliphatic heterocycles. The average molecular weight is 455 g/mol. The molecule has 1 heterocycles. The average Bonchev–Trinajstić information content (AvgIpc) is 3.10. The molecule has 0 fully saturated rings. The van der Waals surface area contributed by atoms with Crippen LogP contribution in [0.4, 0.5) is 0 Å². The van der Waals surface area contributed by atoms with Crippen molar-refractivity contribution < 1.29 is 9.92 Å². The Morgan fingerprint density at radius 1 is 1.07 bits per heavy atom. The van der Waals surface area contributed by atoms with Gasteiger partial charge in [0, 0.05) is 24.0 Å². The fourth-order valence-electron chi connectivity index (χ4n) is 3.15. The first-order valence-corrected chi connectivity index (χ1v) is 10.1. The molecule has 0 saturated heterocycles. The number of rotatable bonds is 9. The summed E-state index contributed by atoms with van der Waals surface area (Å²) in [5.74, 6) is 0.159. The molecule has 0 radical (unpaired) electrons. The van der Waals surface area contributed by atoms with E-state index >= 15 is 0 Å². The van der Waals surface area contributed by atoms with E-state index < -0.39 is 5.09 Å². The summed E-state index contributed by atoms with van der Waals surface area (Å²) in [4.78, 5) is 19.2. The van der Waals surface area contributed by atoms with Crippen LogP contribution >= 0.6 is 34.8 Å². The predicted molar refractivity (Wildman–Crippen MR) is 113 cm³/mol. The van der Waals surface area contributed by atoms with Gasteiger partial charge >= 0.3 is 5.09 Å². The van der Waals surface area contributed by atoms with E-state index in [-0.39, 0.29) is 11.9 Å². The molecule has 0 bridgehead atoms. The minimum Gasteiger partial charge on any atom is -0.312 e. The number of aromatic nitrogens is 2. The van der Waals surface area contributed by atoms with Gasteiger partial charge in [0.05, 0.1) is 10.0 Å². The first-order chi connectivity index (χ1) is 13.9. The van der Waals surface area contributed by atoms with Crippen molar-refractivity contribution in [2.24, 2.45) is 5.92 Å². The molecular weight excluding hydrogens is 437 g/mol. The predicted octanol–water partition coefficient (Wildman–Crippen LogP) is 5.91. The quantitative estimate of drug-likeness (QED) is 0.298. The van der Waals surface area contributed by atoms with Gasteiger partial charge in [0.15, 0.2) is 0 Å². The van der Waals surface area contributed by atoms with E-state index in [1.54, 1.807) is 16.8 Å². The minimum atomic E-state index is -0.861. The van der Waals surface area contributed by atoms with Crippen molar-refractivity contribution >= 4 is 34.8 Å². The van der Waals surface area contributed by atoms with Crippen LogP contribution in [0.5, 0.6) is 6.01 Å². The third-order valence-corrected chi connectivity index (χ3v) is 5.54. The Bertz CT molecular complexity index is 977. The number of benzene rings is 2. The van der Waals surface area contributed by atoms with Crippen LogP contribution in [0.2, 0.25) is 15.1 Å². The lowest BCUT2D eigenvalue weighted by Crippen LogP contribution is -2.17. The Labute approximate surface area is 183 Å². The molecule has 1 unspecified atom stereocenters. The highest BCUT2D eigenvalue weighted by atomic mass is 35.5. The van der Waals surface area contributed by atoms with Crippen molar-refractivity contribution in [3.05, 3.63) is 91.2 Å². The second-order valence-electron chi connectivity index (χ2n) is 6.66. The zero-order chi connectivity index (χ0) is 20.8. The van der Waals surface area contributed by atoms with Gasteiger partial charge in [-0.05, 0) is 60.6 Å². The first kappa shape index (κ1) is 21.4. The lowest BCUT2D eigenvalue weighted by Gasteiger charge is -2.19. The van der Waals surface area contributed by atoms with E-state index in [0.29, 0.717) is 21.6 Å². The van der Waals surface area contributed by atoms with Gasteiger partial charge in [-0.3, -0.25) is 0 Å². The topological polar surface area (TPSA) is 70.2 Å². The van der Waals surface area contributed by atoms with Crippen LogP contribution in [0.1, 0.15) is 17.5 Å². The molecule has 6 nitrogen and oxygen atoms in total. The summed E-state index contributed by atoms with van der Waals surface area (Å²) in [6.07, 6.45) is 5.55. The molecule has 9 heteroatoms. The van der Waals surface area contributed by atoms with Crippen molar-refractivity contribution in [2.75, 3.05) is 0 Å². The van der Waals surface area contributed by atoms with Crippen molar-refractivity contribution in [2.45, 2.75) is 25.8 Å². The maximum atomic E-state index is 10.7. The van der Waals surface area contributed by atoms with E-state index in [0.717, 1.165) is 24.8 Å². The van der Waals surface area contributed by atoms with Gasteiger partial charge in [-0.1, -0.05) is 53.0 Å². The van der Waals surface area contributed by atoms with Crippen LogP contribution in [-0.2, 0) is 19.4 Å². The molecular formula is C20H18Cl3N3O3. The second kappa shape index (κ2) is 9.96. The molecule has 152 valence electrons. The number of halogens is 3. The van der Waals surface area contributed by atoms with Crippen molar-refractivity contribution in [3.8, 4) is 6.01 Å². The largest absolute Gasteiger partial charge is 0.312 e. The molecule has 1 aromatic heterocycles. The minimum absolute atomic E-state index is 0.0411. The summed E-state index contributed by atoms with van der Waals surface area (Å²) in [5, 5.41) is 11.5. The molecule has 3 aromatic rings. The van der Waals surface area contributed by atoms with Crippen molar-refractivity contribution in [1.29, 1.82) is 0 Å². The molecule has 0 aliphatic rings. The summed E-state index contributed by atoms with van der Waals surface area (Å²) in [6, 6.07) is 13.2. The van der Waals surface area contributed by atoms with Crippen LogP contribution in [0, 0.1) is 16.0 Å². The SMILES string of the molecule is O=[N+]([O-])Oc1nccn1CC(CCc1ccc(Cl)cc1)Cc1ccc(Cl)c(Cl)c1. The molecule has 0 spiro atoms. The van der Waals surface area contributed by atoms with Crippen LogP contribution < -0.4 is 4.84 Å². The molecule has 0 saturated carbocycles. The zero-order valence-electron chi connectivity index (χ0n) is 15.3. The van der Waals surface area contributed by atoms with Crippen LogP contribution in [0.25, 0.3) is 0 Å². The molecule has 0 amide bonds. The smallest absolute Gasteiger partial charge is 0.302 e. The monoisotopic (exact) mass is 453 g/mol. The van der Waals surface area contributed by atoms with Gasteiger partial charge in [-0.15, -0.1) is 10.1 Å². The van der Waals surface area contributed by atoms with E-state index in [1.165, 1.54) is 11.8 Å². The fourth-order valence-corrected chi connectivity index (χ4v) is 3.60. The third-order valence-electron chi connectivity index (χ3n) is 4.55. The Hall–Kier alpha value is -2.28. The Morgan fingerprint density at radius 2 is 1.79 bits per heavy atom. The molecule has 3 rings (SSSR count). The highest BCUT2D eigenvalue weighted by Gasteiger charge is 2.16. The third kappa shape index (κ3) is 6.35. The maximum Gasteiger partial charge on any atom is 0.302 e. The van der Waals surface area contributed by atoms with Crippen molar-refractivity contribution in [3.63, 3.8) is 0 Å². The first-order valence-electron chi connectivity index (χ1n) is 8.92. The lowest BCUT2D eigenvalue weighted by molar-refractivity contribution is -0.713. The van der Waals surface area contributed by atoms with Gasteiger partial charge in [-0.25, -0.2) is 9.82 Å². The Balaban J connectivity index is 1.76. The fraction of sp³-hybridized carbons (Fsp3) is 0.250. The van der Waals surface area contributed by atoms with E-state index in [9.17, 15) is 10.1 Å². The highest BCUT2D eigenvalue weighted by Crippen LogP contribution is 2.26. The van der Waals surface area contributed by atoms with E-state index in [1.807, 2.05) is 36.4 Å². The van der Waals surface area contributed by atoms with E-state index in [4.69, 9.17) is 34.8 Å². The summed E-state index contributed by atoms with van der Waals surface area (Å²) in [7, 11) is 0. The molecule has 0 N–H and O–H groups in total. The summed E-state index contributed by atoms with van der Waals surface area (Å²) >= 11 is 18.1. The Kier molecular flexibility index (Phi) is 7.36. The van der Waals surface area contributed by atoms with Gasteiger partial charge in [0.2, 0.25) is 0 Å².